The molecular formula is C18H14F2INO3S. The van der Waals surface area contributed by atoms with E-state index in [0.29, 0.717) is 10.3 Å². The summed E-state index contributed by atoms with van der Waals surface area (Å²) in [5.74, 6) is -1.50. The van der Waals surface area contributed by atoms with Gasteiger partial charge in [0.2, 0.25) is 0 Å². The summed E-state index contributed by atoms with van der Waals surface area (Å²) >= 11 is 3.22. The van der Waals surface area contributed by atoms with Crippen LogP contribution in [0.2, 0.25) is 0 Å². The summed E-state index contributed by atoms with van der Waals surface area (Å²) in [6.45, 7) is -0.485. The van der Waals surface area contributed by atoms with Crippen molar-refractivity contribution < 1.29 is 23.4 Å². The Morgan fingerprint density at radius 1 is 1.31 bits per heavy atom. The Labute approximate surface area is 166 Å². The largest absolute Gasteiger partial charge is 0.394 e. The fraction of sp³-hybridized carbons (Fsp3) is 0.222. The van der Waals surface area contributed by atoms with Crippen molar-refractivity contribution in [3.8, 4) is 0 Å². The van der Waals surface area contributed by atoms with Crippen LogP contribution < -0.4 is 0 Å². The number of aromatic nitrogens is 1. The highest BCUT2D eigenvalue weighted by Crippen LogP contribution is 2.29. The van der Waals surface area contributed by atoms with E-state index in [1.54, 1.807) is 18.2 Å². The number of aliphatic hydroxyl groups is 1. The van der Waals surface area contributed by atoms with Crippen molar-refractivity contribution in [2.24, 2.45) is 0 Å². The molecule has 0 amide bonds. The van der Waals surface area contributed by atoms with Crippen molar-refractivity contribution in [1.29, 1.82) is 0 Å². The van der Waals surface area contributed by atoms with E-state index in [-0.39, 0.29) is 42.9 Å². The van der Waals surface area contributed by atoms with Crippen LogP contribution in [0.4, 0.5) is 8.78 Å². The SMILES string of the molecule is O=C(COCCO)c1cc2scnc2c(F)c1Cc1ccc(I)cc1F. The highest BCUT2D eigenvalue weighted by atomic mass is 127. The van der Waals surface area contributed by atoms with Gasteiger partial charge in [-0.25, -0.2) is 13.8 Å². The number of Topliss-reactive ketones (excluding diaryl/α,β-unsaturated/α-hetero) is 1. The number of nitrogens with zero attached hydrogens (tertiary/aromatic N) is 1. The predicted molar refractivity (Wildman–Crippen MR) is 104 cm³/mol. The van der Waals surface area contributed by atoms with Crippen molar-refractivity contribution in [3.63, 3.8) is 0 Å². The first-order chi connectivity index (χ1) is 12.5. The van der Waals surface area contributed by atoms with Gasteiger partial charge in [0.25, 0.3) is 0 Å². The van der Waals surface area contributed by atoms with Crippen molar-refractivity contribution in [3.05, 3.63) is 61.7 Å². The zero-order valence-electron chi connectivity index (χ0n) is 13.5. The lowest BCUT2D eigenvalue weighted by atomic mass is 9.96. The van der Waals surface area contributed by atoms with E-state index in [0.717, 1.165) is 3.57 Å². The zero-order valence-corrected chi connectivity index (χ0v) is 16.4. The third-order valence-electron chi connectivity index (χ3n) is 3.82. The molecule has 26 heavy (non-hydrogen) atoms. The Morgan fingerprint density at radius 2 is 2.12 bits per heavy atom. The van der Waals surface area contributed by atoms with Gasteiger partial charge in [-0.2, -0.15) is 0 Å². The molecule has 0 bridgehead atoms. The molecule has 0 fully saturated rings. The van der Waals surface area contributed by atoms with Crippen molar-refractivity contribution in [1.82, 2.24) is 4.98 Å². The van der Waals surface area contributed by atoms with Gasteiger partial charge in [0.1, 0.15) is 17.9 Å². The van der Waals surface area contributed by atoms with Crippen LogP contribution in [0, 0.1) is 15.2 Å². The lowest BCUT2D eigenvalue weighted by molar-refractivity contribution is 0.0663. The van der Waals surface area contributed by atoms with Crippen molar-refractivity contribution in [2.45, 2.75) is 6.42 Å². The minimum absolute atomic E-state index is 0.0120. The Bertz CT molecular complexity index is 961. The van der Waals surface area contributed by atoms with E-state index in [1.807, 2.05) is 22.6 Å². The number of halogens is 3. The summed E-state index contributed by atoms with van der Waals surface area (Å²) in [6.07, 6.45) is -0.0663. The molecular weight excluding hydrogens is 475 g/mol. The maximum Gasteiger partial charge on any atom is 0.188 e. The molecule has 3 aromatic rings. The molecule has 0 aliphatic rings. The number of carbonyl (C=O) groups excluding carboxylic acids is 1. The van der Waals surface area contributed by atoms with Crippen LogP contribution in [0.15, 0.2) is 29.8 Å². The Morgan fingerprint density at radius 3 is 2.85 bits per heavy atom. The fourth-order valence-electron chi connectivity index (χ4n) is 2.59. The topological polar surface area (TPSA) is 59.4 Å². The predicted octanol–water partition coefficient (Wildman–Crippen LogP) is 3.96. The second-order valence-electron chi connectivity index (χ2n) is 5.53. The summed E-state index contributed by atoms with van der Waals surface area (Å²) in [6, 6.07) is 6.24. The molecule has 2 aromatic carbocycles. The lowest BCUT2D eigenvalue weighted by Gasteiger charge is -2.12. The summed E-state index contributed by atoms with van der Waals surface area (Å²) in [5, 5.41) is 8.76. The minimum atomic E-state index is -0.618. The molecule has 0 unspecified atom stereocenters. The van der Waals surface area contributed by atoms with E-state index in [1.165, 1.54) is 22.9 Å². The Hall–Kier alpha value is -1.49. The minimum Gasteiger partial charge on any atom is -0.394 e. The number of fused-ring (bicyclic) bond motifs is 1. The number of benzene rings is 2. The van der Waals surface area contributed by atoms with Crippen LogP contribution in [0.3, 0.4) is 0 Å². The number of thiazole rings is 1. The van der Waals surface area contributed by atoms with Gasteiger partial charge >= 0.3 is 0 Å². The number of hydrogen-bond acceptors (Lipinski definition) is 5. The molecule has 8 heteroatoms. The third-order valence-corrected chi connectivity index (χ3v) is 5.27. The number of ketones is 1. The molecule has 1 N–H and O–H groups in total. The highest BCUT2D eigenvalue weighted by molar-refractivity contribution is 14.1. The average molecular weight is 489 g/mol. The van der Waals surface area contributed by atoms with Gasteiger partial charge < -0.3 is 9.84 Å². The molecule has 0 atom stereocenters. The molecule has 0 aliphatic heterocycles. The van der Waals surface area contributed by atoms with Gasteiger partial charge in [0, 0.05) is 21.1 Å². The number of ether oxygens (including phenoxy) is 1. The van der Waals surface area contributed by atoms with E-state index in [9.17, 15) is 13.6 Å². The van der Waals surface area contributed by atoms with Crippen molar-refractivity contribution in [2.75, 3.05) is 19.8 Å². The molecule has 0 spiro atoms. The number of rotatable bonds is 7. The molecule has 0 saturated carbocycles. The second kappa shape index (κ2) is 8.47. The summed E-state index contributed by atoms with van der Waals surface area (Å²) in [4.78, 5) is 16.5. The fourth-order valence-corrected chi connectivity index (χ4v) is 3.75. The molecule has 4 nitrogen and oxygen atoms in total. The standard InChI is InChI=1S/C18H14F2INO3S/c19-14-6-11(21)2-1-10(14)5-13-12(15(24)8-25-4-3-23)7-16-18(17(13)20)22-9-26-16/h1-2,6-7,9,23H,3-5,8H2. The van der Waals surface area contributed by atoms with Crippen LogP contribution in [0.5, 0.6) is 0 Å². The van der Waals surface area contributed by atoms with Gasteiger partial charge in [-0.15, -0.1) is 11.3 Å². The van der Waals surface area contributed by atoms with Gasteiger partial charge in [0.15, 0.2) is 11.6 Å². The van der Waals surface area contributed by atoms with Crippen LogP contribution in [0.25, 0.3) is 10.2 Å². The maximum absolute atomic E-state index is 15.0. The van der Waals surface area contributed by atoms with Gasteiger partial charge in [-0.1, -0.05) is 6.07 Å². The van der Waals surface area contributed by atoms with Gasteiger partial charge in [0.05, 0.1) is 23.4 Å². The third kappa shape index (κ3) is 4.08. The summed E-state index contributed by atoms with van der Waals surface area (Å²) < 4.78 is 35.6. The first kappa shape index (κ1) is 19.3. The number of hydrogen-bond donors (Lipinski definition) is 1. The Balaban J connectivity index is 2.04. The number of carbonyl (C=O) groups is 1. The van der Waals surface area contributed by atoms with E-state index < -0.39 is 17.4 Å². The first-order valence-corrected chi connectivity index (χ1v) is 9.67. The zero-order chi connectivity index (χ0) is 18.7. The smallest absolute Gasteiger partial charge is 0.188 e. The summed E-state index contributed by atoms with van der Waals surface area (Å²) in [7, 11) is 0. The monoisotopic (exact) mass is 489 g/mol. The Kier molecular flexibility index (Phi) is 6.28. The van der Waals surface area contributed by atoms with Crippen LogP contribution >= 0.6 is 33.9 Å². The summed E-state index contributed by atoms with van der Waals surface area (Å²) in [5.41, 5.74) is 2.21. The molecule has 1 aromatic heterocycles. The van der Waals surface area contributed by atoms with Crippen LogP contribution in [-0.4, -0.2) is 35.7 Å². The quantitative estimate of drug-likeness (QED) is 0.310. The first-order valence-electron chi connectivity index (χ1n) is 7.71. The van der Waals surface area contributed by atoms with Crippen LogP contribution in [-0.2, 0) is 11.2 Å². The molecule has 0 saturated heterocycles. The molecule has 0 radical (unpaired) electrons. The van der Waals surface area contributed by atoms with Crippen molar-refractivity contribution >= 4 is 49.9 Å². The maximum atomic E-state index is 15.0. The molecule has 136 valence electrons. The van der Waals surface area contributed by atoms with E-state index >= 15 is 0 Å². The molecule has 1 heterocycles. The van der Waals surface area contributed by atoms with Crippen LogP contribution in [0.1, 0.15) is 21.5 Å². The average Bonchev–Trinajstić information content (AvgIpc) is 3.08. The molecule has 0 aliphatic carbocycles. The van der Waals surface area contributed by atoms with Gasteiger partial charge in [-0.3, -0.25) is 4.79 Å². The normalized spacial score (nSPS) is 11.2. The van der Waals surface area contributed by atoms with E-state index in [4.69, 9.17) is 9.84 Å². The molecule has 3 rings (SSSR count). The van der Waals surface area contributed by atoms with Gasteiger partial charge in [-0.05, 0) is 46.4 Å². The lowest BCUT2D eigenvalue weighted by Crippen LogP contribution is -2.15. The highest BCUT2D eigenvalue weighted by Gasteiger charge is 2.21. The second-order valence-corrected chi connectivity index (χ2v) is 7.66. The number of aliphatic hydroxyl groups excluding tert-OH is 1. The van der Waals surface area contributed by atoms with E-state index in [2.05, 4.69) is 4.98 Å².